The van der Waals surface area contributed by atoms with E-state index in [1.807, 2.05) is 0 Å². The topological polar surface area (TPSA) is 49.5 Å². The van der Waals surface area contributed by atoms with Crippen LogP contribution < -0.4 is 0 Å². The SMILES string of the molecule is CCCCC[N+]1=C(C(=O)O)OCC1. The molecule has 0 fully saturated rings. The fourth-order valence-corrected chi connectivity index (χ4v) is 1.41. The number of ether oxygens (including phenoxy) is 1. The van der Waals surface area contributed by atoms with Crippen molar-refractivity contribution in [3.8, 4) is 0 Å². The van der Waals surface area contributed by atoms with E-state index in [2.05, 4.69) is 6.92 Å². The summed E-state index contributed by atoms with van der Waals surface area (Å²) in [6, 6.07) is 0. The second kappa shape index (κ2) is 4.84. The molecule has 1 rings (SSSR count). The first-order valence-electron chi connectivity index (χ1n) is 4.73. The third kappa shape index (κ3) is 2.72. The van der Waals surface area contributed by atoms with Crippen LogP contribution in [0.15, 0.2) is 0 Å². The lowest BCUT2D eigenvalue weighted by atomic mass is 10.2. The molecule has 0 spiro atoms. The summed E-state index contributed by atoms with van der Waals surface area (Å²) in [5.41, 5.74) is 0. The van der Waals surface area contributed by atoms with Gasteiger partial charge < -0.3 is 9.84 Å². The number of unbranched alkanes of at least 4 members (excludes halogenated alkanes) is 2. The van der Waals surface area contributed by atoms with Crippen molar-refractivity contribution in [1.82, 2.24) is 0 Å². The van der Waals surface area contributed by atoms with Crippen LogP contribution >= 0.6 is 0 Å². The molecule has 74 valence electrons. The highest BCUT2D eigenvalue weighted by molar-refractivity contribution is 6.29. The third-order valence-electron chi connectivity index (χ3n) is 2.10. The van der Waals surface area contributed by atoms with E-state index >= 15 is 0 Å². The first-order chi connectivity index (χ1) is 6.25. The van der Waals surface area contributed by atoms with Gasteiger partial charge in [-0.15, -0.1) is 0 Å². The molecule has 1 aliphatic rings. The molecule has 0 aromatic carbocycles. The van der Waals surface area contributed by atoms with Gasteiger partial charge in [0.15, 0.2) is 13.2 Å². The van der Waals surface area contributed by atoms with Crippen molar-refractivity contribution in [3.63, 3.8) is 0 Å². The highest BCUT2D eigenvalue weighted by Gasteiger charge is 2.30. The average molecular weight is 186 g/mol. The van der Waals surface area contributed by atoms with Gasteiger partial charge in [-0.3, -0.25) is 0 Å². The lowest BCUT2D eigenvalue weighted by Gasteiger charge is -1.96. The Balaban J connectivity index is 2.45. The highest BCUT2D eigenvalue weighted by Crippen LogP contribution is 2.00. The Labute approximate surface area is 77.8 Å². The van der Waals surface area contributed by atoms with Crippen LogP contribution in [-0.2, 0) is 9.53 Å². The molecular weight excluding hydrogens is 170 g/mol. The minimum Gasteiger partial charge on any atom is -0.471 e. The molecule has 0 unspecified atom stereocenters. The van der Waals surface area contributed by atoms with E-state index < -0.39 is 5.97 Å². The molecule has 1 aliphatic heterocycles. The van der Waals surface area contributed by atoms with Crippen LogP contribution in [-0.4, -0.2) is 41.2 Å². The summed E-state index contributed by atoms with van der Waals surface area (Å²) in [6.07, 6.45) is 3.33. The van der Waals surface area contributed by atoms with Crippen LogP contribution in [0.2, 0.25) is 0 Å². The number of hydrogen-bond acceptors (Lipinski definition) is 2. The second-order valence-corrected chi connectivity index (χ2v) is 3.15. The van der Waals surface area contributed by atoms with Crippen molar-refractivity contribution >= 4 is 11.9 Å². The highest BCUT2D eigenvalue weighted by atomic mass is 16.5. The van der Waals surface area contributed by atoms with Gasteiger partial charge in [-0.05, 0) is 6.42 Å². The first-order valence-corrected chi connectivity index (χ1v) is 4.73. The van der Waals surface area contributed by atoms with Crippen molar-refractivity contribution in [2.45, 2.75) is 26.2 Å². The van der Waals surface area contributed by atoms with Crippen LogP contribution in [0.5, 0.6) is 0 Å². The maximum Gasteiger partial charge on any atom is 0.450 e. The van der Waals surface area contributed by atoms with Gasteiger partial charge in [0.25, 0.3) is 0 Å². The predicted molar refractivity (Wildman–Crippen MR) is 48.1 cm³/mol. The molecule has 13 heavy (non-hydrogen) atoms. The van der Waals surface area contributed by atoms with Gasteiger partial charge in [0.2, 0.25) is 0 Å². The molecule has 0 saturated carbocycles. The van der Waals surface area contributed by atoms with Crippen LogP contribution in [0.4, 0.5) is 0 Å². The molecular formula is C9H16NO3+. The maximum atomic E-state index is 10.6. The third-order valence-corrected chi connectivity index (χ3v) is 2.10. The second-order valence-electron chi connectivity index (χ2n) is 3.15. The minimum atomic E-state index is -0.950. The Morgan fingerprint density at radius 3 is 3.00 bits per heavy atom. The zero-order chi connectivity index (χ0) is 9.68. The molecule has 4 nitrogen and oxygen atoms in total. The molecule has 1 N–H and O–H groups in total. The van der Waals surface area contributed by atoms with Crippen molar-refractivity contribution in [2.75, 3.05) is 19.7 Å². The van der Waals surface area contributed by atoms with Crippen molar-refractivity contribution in [1.29, 1.82) is 0 Å². The first kappa shape index (κ1) is 10.0. The molecule has 0 bridgehead atoms. The Bertz CT molecular complexity index is 223. The molecule has 0 radical (unpaired) electrons. The van der Waals surface area contributed by atoms with Crippen LogP contribution in [0.3, 0.4) is 0 Å². The predicted octanol–water partition coefficient (Wildman–Crippen LogP) is 0.702. The molecule has 0 aromatic rings. The van der Waals surface area contributed by atoms with E-state index in [-0.39, 0.29) is 5.90 Å². The molecule has 0 aromatic heterocycles. The standard InChI is InChI=1S/C9H15NO3/c1-2-3-4-5-10-6-7-13-8(10)9(11)12/h2-7H2,1H3/p+1. The Morgan fingerprint density at radius 2 is 2.38 bits per heavy atom. The number of hydrogen-bond donors (Lipinski definition) is 1. The molecule has 4 heteroatoms. The average Bonchev–Trinajstić information content (AvgIpc) is 2.53. The fraction of sp³-hybridized carbons (Fsp3) is 0.778. The van der Waals surface area contributed by atoms with Gasteiger partial charge in [0.1, 0.15) is 6.54 Å². The largest absolute Gasteiger partial charge is 0.471 e. The van der Waals surface area contributed by atoms with E-state index in [1.165, 1.54) is 0 Å². The van der Waals surface area contributed by atoms with E-state index in [0.29, 0.717) is 13.2 Å². The monoisotopic (exact) mass is 186 g/mol. The normalized spacial score (nSPS) is 16.1. The van der Waals surface area contributed by atoms with Gasteiger partial charge in [-0.25, -0.2) is 4.79 Å². The van der Waals surface area contributed by atoms with Gasteiger partial charge in [0.05, 0.1) is 0 Å². The van der Waals surface area contributed by atoms with Crippen LogP contribution in [0.1, 0.15) is 26.2 Å². The van der Waals surface area contributed by atoms with Crippen LogP contribution in [0, 0.1) is 0 Å². The van der Waals surface area contributed by atoms with E-state index in [9.17, 15) is 4.79 Å². The van der Waals surface area contributed by atoms with E-state index in [0.717, 1.165) is 25.8 Å². The maximum absolute atomic E-state index is 10.6. The summed E-state index contributed by atoms with van der Waals surface area (Å²) < 4.78 is 6.80. The van der Waals surface area contributed by atoms with Gasteiger partial charge >= 0.3 is 11.9 Å². The summed E-state index contributed by atoms with van der Waals surface area (Å²) in [5, 5.41) is 8.74. The summed E-state index contributed by atoms with van der Waals surface area (Å²) in [7, 11) is 0. The Hall–Kier alpha value is -1.06. The molecule has 0 saturated heterocycles. The number of carboxylic acids is 1. The Morgan fingerprint density at radius 1 is 1.62 bits per heavy atom. The fourth-order valence-electron chi connectivity index (χ4n) is 1.41. The number of carbonyl (C=O) groups is 1. The van der Waals surface area contributed by atoms with Crippen molar-refractivity contribution in [2.24, 2.45) is 0 Å². The molecule has 1 heterocycles. The summed E-state index contributed by atoms with van der Waals surface area (Å²) in [6.45, 7) is 4.15. The van der Waals surface area contributed by atoms with Crippen molar-refractivity contribution in [3.05, 3.63) is 0 Å². The summed E-state index contributed by atoms with van der Waals surface area (Å²) in [4.78, 5) is 10.6. The van der Waals surface area contributed by atoms with Gasteiger partial charge in [-0.2, -0.15) is 4.58 Å². The molecule has 0 aliphatic carbocycles. The quantitative estimate of drug-likeness (QED) is 0.508. The number of carboxylic acid groups (broad SMARTS) is 1. The van der Waals surface area contributed by atoms with E-state index in [4.69, 9.17) is 9.84 Å². The minimum absolute atomic E-state index is 0.121. The van der Waals surface area contributed by atoms with Gasteiger partial charge in [0, 0.05) is 6.42 Å². The smallest absolute Gasteiger partial charge is 0.450 e. The zero-order valence-corrected chi connectivity index (χ0v) is 7.95. The van der Waals surface area contributed by atoms with Crippen LogP contribution in [0.25, 0.3) is 0 Å². The Kier molecular flexibility index (Phi) is 3.73. The summed E-state index contributed by atoms with van der Waals surface area (Å²) >= 11 is 0. The van der Waals surface area contributed by atoms with Gasteiger partial charge in [-0.1, -0.05) is 13.3 Å². The van der Waals surface area contributed by atoms with E-state index in [1.54, 1.807) is 4.58 Å². The summed E-state index contributed by atoms with van der Waals surface area (Å²) in [5.74, 6) is -0.829. The molecule has 0 amide bonds. The number of aliphatic carboxylic acids is 1. The molecule has 0 atom stereocenters. The lowest BCUT2D eigenvalue weighted by Crippen LogP contribution is -2.24. The number of rotatable bonds is 5. The lowest BCUT2D eigenvalue weighted by molar-refractivity contribution is -0.518. The number of nitrogens with zero attached hydrogens (tertiary/aromatic N) is 1. The zero-order valence-electron chi connectivity index (χ0n) is 7.95. The van der Waals surface area contributed by atoms with Crippen molar-refractivity contribution < 1.29 is 19.2 Å².